The summed E-state index contributed by atoms with van der Waals surface area (Å²) in [5, 5.41) is 18.4. The van der Waals surface area contributed by atoms with E-state index in [-0.39, 0.29) is 22.0 Å². The molecule has 4 rings (SSSR count). The smallest absolute Gasteiger partial charge is 0.253 e. The van der Waals surface area contributed by atoms with Crippen molar-refractivity contribution in [1.82, 2.24) is 20.2 Å². The maximum absolute atomic E-state index is 13.4. The molecule has 1 aromatic carbocycles. The van der Waals surface area contributed by atoms with Gasteiger partial charge in [0.2, 0.25) is 17.7 Å². The number of aromatic nitrogens is 2. The minimum Gasteiger partial charge on any atom is -0.420 e. The second-order valence-electron chi connectivity index (χ2n) is 9.91. The number of carbonyl (C=O) groups is 2. The van der Waals surface area contributed by atoms with Crippen LogP contribution < -0.4 is 10.1 Å². The van der Waals surface area contributed by atoms with Crippen LogP contribution in [0, 0.1) is 23.2 Å². The van der Waals surface area contributed by atoms with Gasteiger partial charge < -0.3 is 15.0 Å². The fraction of sp³-hybridized carbons (Fsp3) is 0.286. The van der Waals surface area contributed by atoms with Crippen LogP contribution in [0.3, 0.4) is 0 Å². The Morgan fingerprint density at radius 3 is 2.18 bits per heavy atom. The molecule has 0 radical (unpaired) electrons. The number of nitrogens with zero attached hydrogens (tertiary/aromatic N) is 3. The van der Waals surface area contributed by atoms with Crippen molar-refractivity contribution >= 4 is 33.8 Å². The Kier molecular flexibility index (Phi) is 7.37. The Bertz CT molecular complexity index is 1450. The maximum atomic E-state index is 13.4. The number of benzene rings is 1. The number of nitrogens with one attached hydrogen (secondary N) is 3. The summed E-state index contributed by atoms with van der Waals surface area (Å²) in [6.45, 7) is 7.06. The summed E-state index contributed by atoms with van der Waals surface area (Å²) < 4.78 is 6.16. The Labute approximate surface area is 226 Å². The van der Waals surface area contributed by atoms with Crippen molar-refractivity contribution in [2.75, 3.05) is 14.1 Å². The molecule has 196 valence electrons. The number of ether oxygens (including phenoxy) is 1. The van der Waals surface area contributed by atoms with Crippen LogP contribution in [0.4, 0.5) is 0 Å². The molecule has 0 fully saturated rings. The molecular weight excluding hydrogens is 500 g/mol. The predicted molar refractivity (Wildman–Crippen MR) is 149 cm³/mol. The second-order valence-corrected chi connectivity index (χ2v) is 11.1. The first-order valence-corrected chi connectivity index (χ1v) is 12.8. The molecule has 2 amide bonds. The largest absolute Gasteiger partial charge is 0.420 e. The average Bonchev–Trinajstić information content (AvgIpc) is 2.85. The summed E-state index contributed by atoms with van der Waals surface area (Å²) in [6.07, 6.45) is 0. The van der Waals surface area contributed by atoms with Gasteiger partial charge in [-0.1, -0.05) is 38.1 Å². The summed E-state index contributed by atoms with van der Waals surface area (Å²) in [5.74, 6) is -0.144. The molecule has 2 aromatic heterocycles. The van der Waals surface area contributed by atoms with Crippen molar-refractivity contribution in [3.8, 4) is 23.0 Å². The highest BCUT2D eigenvalue weighted by Gasteiger charge is 2.45. The Morgan fingerprint density at radius 2 is 1.58 bits per heavy atom. The number of fused-ring (bicyclic) bond motifs is 2. The third kappa shape index (κ3) is 5.31. The van der Waals surface area contributed by atoms with Crippen LogP contribution in [0.15, 0.2) is 48.5 Å². The zero-order chi connectivity index (χ0) is 27.8. The van der Waals surface area contributed by atoms with Gasteiger partial charge in [0.25, 0.3) is 5.91 Å². The Balaban J connectivity index is 1.74. The third-order valence-corrected chi connectivity index (χ3v) is 6.97. The van der Waals surface area contributed by atoms with Gasteiger partial charge in [-0.05, 0) is 49.9 Å². The van der Waals surface area contributed by atoms with E-state index in [9.17, 15) is 9.59 Å². The van der Waals surface area contributed by atoms with Gasteiger partial charge >= 0.3 is 0 Å². The molecular formula is C28H30N6O3S. The van der Waals surface area contributed by atoms with Gasteiger partial charge in [0.15, 0.2) is 5.17 Å². The van der Waals surface area contributed by atoms with Crippen LogP contribution >= 0.6 is 11.8 Å². The van der Waals surface area contributed by atoms with Gasteiger partial charge in [-0.2, -0.15) is 0 Å². The first kappa shape index (κ1) is 27.0. The highest BCUT2D eigenvalue weighted by Crippen LogP contribution is 2.51. The lowest BCUT2D eigenvalue weighted by molar-refractivity contribution is -0.128. The zero-order valence-electron chi connectivity index (χ0n) is 22.2. The molecule has 1 aliphatic rings. The highest BCUT2D eigenvalue weighted by atomic mass is 32.2. The molecule has 1 atom stereocenters. The lowest BCUT2D eigenvalue weighted by Gasteiger charge is -2.37. The van der Waals surface area contributed by atoms with E-state index in [0.717, 1.165) is 34.1 Å². The molecule has 3 aromatic rings. The fourth-order valence-electron chi connectivity index (χ4n) is 4.41. The van der Waals surface area contributed by atoms with Crippen LogP contribution in [0.2, 0.25) is 0 Å². The monoisotopic (exact) mass is 530 g/mol. The van der Waals surface area contributed by atoms with Crippen LogP contribution in [0.5, 0.6) is 11.8 Å². The van der Waals surface area contributed by atoms with Crippen LogP contribution in [0.25, 0.3) is 11.3 Å². The number of hydrogen-bond acceptors (Lipinski definition) is 8. The van der Waals surface area contributed by atoms with Crippen LogP contribution in [-0.4, -0.2) is 51.0 Å². The SMILES string of the molecule is CC(=N)SC(=N)NC(=O)C(C)(C)[C@H]1c2ccc(C)nc2Oc2nc(-c3ccc(C(=O)N(C)C)cc3)ccc21. The van der Waals surface area contributed by atoms with E-state index >= 15 is 0 Å². The van der Waals surface area contributed by atoms with E-state index in [4.69, 9.17) is 20.5 Å². The summed E-state index contributed by atoms with van der Waals surface area (Å²) in [7, 11) is 3.42. The minimum atomic E-state index is -1.01. The molecule has 38 heavy (non-hydrogen) atoms. The first-order valence-electron chi connectivity index (χ1n) is 12.0. The summed E-state index contributed by atoms with van der Waals surface area (Å²) >= 11 is 0.884. The first-order chi connectivity index (χ1) is 17.9. The number of carbonyl (C=O) groups excluding carboxylic acids is 2. The van der Waals surface area contributed by atoms with E-state index in [0.29, 0.717) is 23.0 Å². The molecule has 0 saturated carbocycles. The van der Waals surface area contributed by atoms with Gasteiger partial charge in [0.1, 0.15) is 0 Å². The van der Waals surface area contributed by atoms with E-state index in [2.05, 4.69) is 10.3 Å². The fourth-order valence-corrected chi connectivity index (χ4v) is 4.86. The number of hydrogen-bond donors (Lipinski definition) is 3. The number of aryl methyl sites for hydroxylation is 1. The molecule has 3 N–H and O–H groups in total. The van der Waals surface area contributed by atoms with Crippen molar-refractivity contribution < 1.29 is 14.3 Å². The third-order valence-electron chi connectivity index (χ3n) is 6.36. The quantitative estimate of drug-likeness (QED) is 0.314. The van der Waals surface area contributed by atoms with E-state index in [1.807, 2.05) is 57.2 Å². The lowest BCUT2D eigenvalue weighted by atomic mass is 9.70. The number of thioether (sulfide) groups is 1. The van der Waals surface area contributed by atoms with E-state index < -0.39 is 11.3 Å². The number of pyridine rings is 2. The molecule has 0 saturated heterocycles. The van der Waals surface area contributed by atoms with Gasteiger partial charge in [0.05, 0.1) is 16.2 Å². The number of amides is 2. The summed E-state index contributed by atoms with van der Waals surface area (Å²) in [4.78, 5) is 36.6. The molecule has 0 aliphatic carbocycles. The average molecular weight is 531 g/mol. The van der Waals surface area contributed by atoms with Crippen LogP contribution in [0.1, 0.15) is 53.9 Å². The van der Waals surface area contributed by atoms with Crippen LogP contribution in [-0.2, 0) is 4.79 Å². The minimum absolute atomic E-state index is 0.0815. The molecule has 0 spiro atoms. The molecule has 0 unspecified atom stereocenters. The van der Waals surface area contributed by atoms with Gasteiger partial charge in [-0.3, -0.25) is 20.4 Å². The standard InChI is InChI=1S/C28H30N6O3S/c1-15-7-12-19-22(28(3,4)26(36)33-27(30)38-16(2)29)20-13-14-21(32-24(20)37-23(19)31-15)17-8-10-18(11-9-17)25(35)34(5)6/h7-14,22,29H,1-6H3,(H2,30,33,36)/t22-/m0/s1. The van der Waals surface area contributed by atoms with Crippen molar-refractivity contribution in [3.05, 3.63) is 70.9 Å². The predicted octanol–water partition coefficient (Wildman–Crippen LogP) is 5.20. The van der Waals surface area contributed by atoms with Crippen molar-refractivity contribution in [2.24, 2.45) is 5.41 Å². The molecule has 0 bridgehead atoms. The topological polar surface area (TPSA) is 132 Å². The van der Waals surface area contributed by atoms with E-state index in [1.165, 1.54) is 4.90 Å². The van der Waals surface area contributed by atoms with Crippen molar-refractivity contribution in [3.63, 3.8) is 0 Å². The molecule has 1 aliphatic heterocycles. The maximum Gasteiger partial charge on any atom is 0.253 e. The molecule has 9 nitrogen and oxygen atoms in total. The van der Waals surface area contributed by atoms with Gasteiger partial charge in [0, 0.05) is 48.0 Å². The Morgan fingerprint density at radius 1 is 0.974 bits per heavy atom. The highest BCUT2D eigenvalue weighted by molar-refractivity contribution is 8.26. The summed E-state index contributed by atoms with van der Waals surface area (Å²) in [6, 6.07) is 14.8. The molecule has 3 heterocycles. The van der Waals surface area contributed by atoms with E-state index in [1.54, 1.807) is 33.2 Å². The number of rotatable bonds is 4. The normalized spacial score (nSPS) is 14.0. The number of amidine groups is 1. The summed E-state index contributed by atoms with van der Waals surface area (Å²) in [5.41, 5.74) is 3.30. The molecule has 10 heteroatoms. The van der Waals surface area contributed by atoms with Crippen molar-refractivity contribution in [2.45, 2.75) is 33.6 Å². The van der Waals surface area contributed by atoms with Crippen molar-refractivity contribution in [1.29, 1.82) is 10.8 Å². The Hall–Kier alpha value is -4.05. The zero-order valence-corrected chi connectivity index (χ0v) is 23.0. The second kappa shape index (κ2) is 10.4. The van der Waals surface area contributed by atoms with Gasteiger partial charge in [-0.25, -0.2) is 9.97 Å². The van der Waals surface area contributed by atoms with Gasteiger partial charge in [-0.15, -0.1) is 0 Å². The lowest BCUT2D eigenvalue weighted by Crippen LogP contribution is -2.44.